The predicted octanol–water partition coefficient (Wildman–Crippen LogP) is 2.74. The molecule has 4 rings (SSSR count). The number of fused-ring (bicyclic) bond motifs is 3. The molecule has 3 nitrogen and oxygen atoms in total. The Kier molecular flexibility index (Phi) is 1.75. The highest BCUT2D eigenvalue weighted by atomic mass is 16.8. The lowest BCUT2D eigenvalue weighted by atomic mass is 9.64. The van der Waals surface area contributed by atoms with Crippen LogP contribution >= 0.6 is 0 Å². The number of hydrogen-bond donors (Lipinski definition) is 0. The lowest BCUT2D eigenvalue weighted by Gasteiger charge is -2.40. The summed E-state index contributed by atoms with van der Waals surface area (Å²) in [4.78, 5) is 12.4. The molecule has 2 aliphatic carbocycles. The van der Waals surface area contributed by atoms with Crippen LogP contribution in [0.2, 0.25) is 0 Å². The molecule has 2 heterocycles. The molecule has 3 heteroatoms. The van der Waals surface area contributed by atoms with Crippen LogP contribution in [0.1, 0.15) is 47.0 Å². The minimum atomic E-state index is -0.344. The highest BCUT2D eigenvalue weighted by Gasteiger charge is 2.80. The zero-order valence-electron chi connectivity index (χ0n) is 11.7. The lowest BCUT2D eigenvalue weighted by Crippen LogP contribution is -2.40. The molecule has 2 saturated heterocycles. The fourth-order valence-electron chi connectivity index (χ4n) is 5.58. The third-order valence-electron chi connectivity index (χ3n) is 7.44. The SMILES string of the molecule is C[C@@H]1CC[C@@]2(C)[C@H](C)[C@]3(C[C@@]12C)C(=O)O[C@H]1O[C@H]13. The predicted molar refractivity (Wildman–Crippen MR) is 65.6 cm³/mol. The molecule has 2 aliphatic heterocycles. The number of rotatable bonds is 0. The first-order valence-electron chi connectivity index (χ1n) is 7.23. The van der Waals surface area contributed by atoms with Crippen LogP contribution < -0.4 is 0 Å². The van der Waals surface area contributed by atoms with Crippen molar-refractivity contribution >= 4 is 5.97 Å². The normalized spacial score (nSPS) is 65.0. The molecule has 0 N–H and O–H groups in total. The molecule has 0 radical (unpaired) electrons. The fourth-order valence-corrected chi connectivity index (χ4v) is 5.58. The van der Waals surface area contributed by atoms with Gasteiger partial charge in [-0.2, -0.15) is 0 Å². The first-order chi connectivity index (χ1) is 8.36. The van der Waals surface area contributed by atoms with E-state index in [1.54, 1.807) is 0 Å². The zero-order chi connectivity index (χ0) is 12.9. The Morgan fingerprint density at radius 1 is 1.22 bits per heavy atom. The van der Waals surface area contributed by atoms with E-state index in [-0.39, 0.29) is 34.6 Å². The van der Waals surface area contributed by atoms with Gasteiger partial charge in [0.15, 0.2) is 0 Å². The van der Waals surface area contributed by atoms with Gasteiger partial charge in [0, 0.05) is 0 Å². The molecule has 100 valence electrons. The van der Waals surface area contributed by atoms with Gasteiger partial charge in [-0.25, -0.2) is 0 Å². The summed E-state index contributed by atoms with van der Waals surface area (Å²) in [6.45, 7) is 9.38. The van der Waals surface area contributed by atoms with E-state index in [1.807, 2.05) is 0 Å². The third-order valence-corrected chi connectivity index (χ3v) is 7.44. The van der Waals surface area contributed by atoms with Gasteiger partial charge in [-0.1, -0.05) is 27.7 Å². The zero-order valence-corrected chi connectivity index (χ0v) is 11.7. The second-order valence-corrected chi connectivity index (χ2v) is 7.54. The van der Waals surface area contributed by atoms with Crippen LogP contribution in [0, 0.1) is 28.1 Å². The first-order valence-corrected chi connectivity index (χ1v) is 7.23. The molecule has 4 fully saturated rings. The second-order valence-electron chi connectivity index (χ2n) is 7.54. The summed E-state index contributed by atoms with van der Waals surface area (Å²) in [6, 6.07) is 0. The number of ether oxygens (including phenoxy) is 2. The summed E-state index contributed by atoms with van der Waals surface area (Å²) in [7, 11) is 0. The van der Waals surface area contributed by atoms with Crippen LogP contribution in [-0.4, -0.2) is 18.4 Å². The van der Waals surface area contributed by atoms with Gasteiger partial charge in [0.1, 0.15) is 11.5 Å². The first kappa shape index (κ1) is 11.3. The van der Waals surface area contributed by atoms with E-state index in [0.717, 1.165) is 6.42 Å². The number of epoxide rings is 1. The van der Waals surface area contributed by atoms with Crippen molar-refractivity contribution in [3.63, 3.8) is 0 Å². The van der Waals surface area contributed by atoms with Gasteiger partial charge in [-0.15, -0.1) is 0 Å². The van der Waals surface area contributed by atoms with E-state index >= 15 is 0 Å². The van der Waals surface area contributed by atoms with Crippen molar-refractivity contribution in [2.45, 2.75) is 59.4 Å². The standard InChI is InChI=1S/C15H22O3/c1-8-5-6-13(3)9(2)15(7-14(8,13)4)10-11(17-10)18-12(15)16/h8-11H,5-7H2,1-4H3/t8-,9+,10-,11-,13+,14+,15+/m1/s1. The molecule has 0 bridgehead atoms. The summed E-state index contributed by atoms with van der Waals surface area (Å²) in [6.07, 6.45) is 3.31. The summed E-state index contributed by atoms with van der Waals surface area (Å²) < 4.78 is 11.0. The number of carbonyl (C=O) groups is 1. The second kappa shape index (κ2) is 2.79. The molecule has 4 aliphatic rings. The van der Waals surface area contributed by atoms with Crippen LogP contribution in [0.3, 0.4) is 0 Å². The molecular weight excluding hydrogens is 228 g/mol. The summed E-state index contributed by atoms with van der Waals surface area (Å²) >= 11 is 0. The van der Waals surface area contributed by atoms with Gasteiger partial charge < -0.3 is 9.47 Å². The van der Waals surface area contributed by atoms with Gasteiger partial charge in [-0.05, 0) is 41.9 Å². The minimum Gasteiger partial charge on any atom is -0.432 e. The van der Waals surface area contributed by atoms with Crippen molar-refractivity contribution in [1.82, 2.24) is 0 Å². The van der Waals surface area contributed by atoms with E-state index in [4.69, 9.17) is 9.47 Å². The monoisotopic (exact) mass is 250 g/mol. The minimum absolute atomic E-state index is 0.0142. The van der Waals surface area contributed by atoms with Crippen molar-refractivity contribution in [2.24, 2.45) is 28.1 Å². The molecule has 0 amide bonds. The Morgan fingerprint density at radius 3 is 2.50 bits per heavy atom. The third kappa shape index (κ3) is 0.880. The van der Waals surface area contributed by atoms with Crippen molar-refractivity contribution in [3.05, 3.63) is 0 Å². The summed E-state index contributed by atoms with van der Waals surface area (Å²) in [5, 5.41) is 0. The van der Waals surface area contributed by atoms with E-state index in [0.29, 0.717) is 11.8 Å². The van der Waals surface area contributed by atoms with E-state index in [2.05, 4.69) is 27.7 Å². The highest BCUT2D eigenvalue weighted by molar-refractivity contribution is 5.82. The van der Waals surface area contributed by atoms with Crippen LogP contribution in [0.25, 0.3) is 0 Å². The molecule has 0 aromatic heterocycles. The van der Waals surface area contributed by atoms with Gasteiger partial charge in [-0.3, -0.25) is 4.79 Å². The van der Waals surface area contributed by atoms with Crippen molar-refractivity contribution in [1.29, 1.82) is 0 Å². The van der Waals surface area contributed by atoms with Gasteiger partial charge in [0.25, 0.3) is 0 Å². The maximum atomic E-state index is 12.4. The molecular formula is C15H22O3. The lowest BCUT2D eigenvalue weighted by molar-refractivity contribution is -0.162. The Hall–Kier alpha value is -0.570. The van der Waals surface area contributed by atoms with Gasteiger partial charge >= 0.3 is 5.97 Å². The van der Waals surface area contributed by atoms with E-state index < -0.39 is 0 Å². The number of carbonyl (C=O) groups excluding carboxylic acids is 1. The van der Waals surface area contributed by atoms with E-state index in [9.17, 15) is 4.79 Å². The average Bonchev–Trinajstić information content (AvgIpc) is 2.94. The molecule has 0 aromatic rings. The Balaban J connectivity index is 1.85. The fraction of sp³-hybridized carbons (Fsp3) is 0.933. The quantitative estimate of drug-likeness (QED) is 0.490. The molecule has 2 saturated carbocycles. The van der Waals surface area contributed by atoms with Crippen LogP contribution in [0.15, 0.2) is 0 Å². The van der Waals surface area contributed by atoms with Crippen LogP contribution in [0.5, 0.6) is 0 Å². The van der Waals surface area contributed by atoms with Gasteiger partial charge in [0.05, 0.1) is 0 Å². The summed E-state index contributed by atoms with van der Waals surface area (Å²) in [5.41, 5.74) is 0.168. The summed E-state index contributed by atoms with van der Waals surface area (Å²) in [5.74, 6) is 1.07. The smallest absolute Gasteiger partial charge is 0.317 e. The maximum absolute atomic E-state index is 12.4. The average molecular weight is 250 g/mol. The molecule has 0 aromatic carbocycles. The van der Waals surface area contributed by atoms with Crippen molar-refractivity contribution in [3.8, 4) is 0 Å². The van der Waals surface area contributed by atoms with Crippen LogP contribution in [-0.2, 0) is 14.3 Å². The van der Waals surface area contributed by atoms with Crippen LogP contribution in [0.4, 0.5) is 0 Å². The largest absolute Gasteiger partial charge is 0.432 e. The molecule has 0 unspecified atom stereocenters. The Labute approximate surface area is 108 Å². The molecule has 1 spiro atoms. The van der Waals surface area contributed by atoms with Crippen molar-refractivity contribution < 1.29 is 14.3 Å². The maximum Gasteiger partial charge on any atom is 0.317 e. The number of esters is 1. The molecule has 7 atom stereocenters. The molecule has 18 heavy (non-hydrogen) atoms. The Morgan fingerprint density at radius 2 is 1.94 bits per heavy atom. The highest BCUT2D eigenvalue weighted by Crippen LogP contribution is 2.76. The number of hydrogen-bond acceptors (Lipinski definition) is 3. The topological polar surface area (TPSA) is 38.8 Å². The van der Waals surface area contributed by atoms with Gasteiger partial charge in [0.2, 0.25) is 6.29 Å². The van der Waals surface area contributed by atoms with Crippen molar-refractivity contribution in [2.75, 3.05) is 0 Å². The van der Waals surface area contributed by atoms with E-state index in [1.165, 1.54) is 12.8 Å². The Bertz CT molecular complexity index is 445.